The van der Waals surface area contributed by atoms with Crippen LogP contribution < -0.4 is 29.6 Å². The number of ether oxygens (including phenoxy) is 3. The van der Waals surface area contributed by atoms with Gasteiger partial charge in [-0.25, -0.2) is 4.98 Å². The zero-order valence-electron chi connectivity index (χ0n) is 23.2. The van der Waals surface area contributed by atoms with E-state index in [9.17, 15) is 14.5 Å². The molecular formula is C30H33N2O7P. The highest BCUT2D eigenvalue weighted by molar-refractivity contribution is 7.66. The van der Waals surface area contributed by atoms with Crippen LogP contribution in [0.3, 0.4) is 0 Å². The molecule has 0 saturated carbocycles. The van der Waals surface area contributed by atoms with Gasteiger partial charge in [-0.1, -0.05) is 31.5 Å². The molecule has 9 nitrogen and oxygen atoms in total. The molecule has 2 N–H and O–H groups in total. The number of aromatic amines is 1. The van der Waals surface area contributed by atoms with Crippen molar-refractivity contribution in [2.24, 2.45) is 0 Å². The average molecular weight is 565 g/mol. The van der Waals surface area contributed by atoms with Crippen LogP contribution in [-0.4, -0.2) is 43.1 Å². The predicted octanol–water partition coefficient (Wildman–Crippen LogP) is 5.79. The van der Waals surface area contributed by atoms with Crippen LogP contribution in [0.4, 0.5) is 0 Å². The third-order valence-electron chi connectivity index (χ3n) is 6.52. The Hall–Kier alpha value is -4.23. The van der Waals surface area contributed by atoms with E-state index in [1.165, 1.54) is 20.9 Å². The van der Waals surface area contributed by atoms with E-state index in [2.05, 4.69) is 9.97 Å². The van der Waals surface area contributed by atoms with Crippen molar-refractivity contribution in [2.45, 2.75) is 26.2 Å². The van der Waals surface area contributed by atoms with E-state index in [1.54, 1.807) is 61.8 Å². The molecular weight excluding hydrogens is 531 g/mol. The number of nitrogens with zero attached hydrogens (tertiary/aromatic N) is 1. The minimum Gasteiger partial charge on any atom is -0.506 e. The molecule has 0 saturated heterocycles. The van der Waals surface area contributed by atoms with Gasteiger partial charge in [-0.3, -0.25) is 9.36 Å². The number of benzene rings is 2. The fourth-order valence-corrected chi connectivity index (χ4v) is 6.16. The number of nitrogens with one attached hydrogen (secondary N) is 1. The second-order valence-corrected chi connectivity index (χ2v) is 11.5. The highest BCUT2D eigenvalue weighted by Crippen LogP contribution is 2.49. The summed E-state index contributed by atoms with van der Waals surface area (Å²) in [5, 5.41) is 11.3. The quantitative estimate of drug-likeness (QED) is 0.220. The molecule has 0 aliphatic rings. The predicted molar refractivity (Wildman–Crippen MR) is 156 cm³/mol. The SMILES string of the molecule is CCCCc1[nH]c(=O)c(P(C)(=O)Oc2ccc(-c3cccnc3OC)cc2)c(O)c1-c1c(OC)cccc1OC. The lowest BCUT2D eigenvalue weighted by atomic mass is 9.98. The number of unbranched alkanes of at least 4 members (excludes halogenated alkanes) is 1. The van der Waals surface area contributed by atoms with Crippen molar-refractivity contribution in [3.8, 4) is 51.1 Å². The maximum absolute atomic E-state index is 14.0. The first kappa shape index (κ1) is 28.8. The van der Waals surface area contributed by atoms with E-state index < -0.39 is 18.7 Å². The molecule has 1 unspecified atom stereocenters. The van der Waals surface area contributed by atoms with Crippen molar-refractivity contribution in [3.05, 3.63) is 76.8 Å². The summed E-state index contributed by atoms with van der Waals surface area (Å²) < 4.78 is 36.4. The molecule has 210 valence electrons. The summed E-state index contributed by atoms with van der Waals surface area (Å²) in [6.07, 6.45) is 3.74. The van der Waals surface area contributed by atoms with Gasteiger partial charge in [-0.05, 0) is 54.8 Å². The summed E-state index contributed by atoms with van der Waals surface area (Å²) >= 11 is 0. The van der Waals surface area contributed by atoms with E-state index in [0.717, 1.165) is 24.0 Å². The van der Waals surface area contributed by atoms with Crippen LogP contribution in [0.5, 0.6) is 28.9 Å². The molecule has 0 spiro atoms. The van der Waals surface area contributed by atoms with E-state index >= 15 is 0 Å². The first-order valence-corrected chi connectivity index (χ1v) is 14.9. The largest absolute Gasteiger partial charge is 0.506 e. The van der Waals surface area contributed by atoms with Gasteiger partial charge in [0.25, 0.3) is 12.9 Å². The van der Waals surface area contributed by atoms with Gasteiger partial charge in [-0.2, -0.15) is 0 Å². The Kier molecular flexibility index (Phi) is 8.85. The monoisotopic (exact) mass is 564 g/mol. The van der Waals surface area contributed by atoms with Crippen LogP contribution in [0.25, 0.3) is 22.3 Å². The number of aryl methyl sites for hydroxylation is 1. The Bertz CT molecular complexity index is 1580. The van der Waals surface area contributed by atoms with Crippen molar-refractivity contribution in [1.29, 1.82) is 0 Å². The zero-order valence-corrected chi connectivity index (χ0v) is 24.1. The Balaban J connectivity index is 1.81. The molecule has 2 aromatic carbocycles. The van der Waals surface area contributed by atoms with Crippen LogP contribution in [0, 0.1) is 0 Å². The van der Waals surface area contributed by atoms with Crippen LogP contribution in [0.2, 0.25) is 0 Å². The van der Waals surface area contributed by atoms with E-state index in [4.69, 9.17) is 18.7 Å². The van der Waals surface area contributed by atoms with Gasteiger partial charge in [0.1, 0.15) is 23.0 Å². The highest BCUT2D eigenvalue weighted by Gasteiger charge is 2.33. The van der Waals surface area contributed by atoms with Gasteiger partial charge in [0.15, 0.2) is 5.30 Å². The zero-order chi connectivity index (χ0) is 28.9. The van der Waals surface area contributed by atoms with Crippen molar-refractivity contribution < 1.29 is 28.4 Å². The lowest BCUT2D eigenvalue weighted by Crippen LogP contribution is -2.31. The third-order valence-corrected chi connectivity index (χ3v) is 8.30. The summed E-state index contributed by atoms with van der Waals surface area (Å²) in [5.41, 5.74) is 2.15. The summed E-state index contributed by atoms with van der Waals surface area (Å²) in [4.78, 5) is 20.4. The molecule has 40 heavy (non-hydrogen) atoms. The molecule has 0 amide bonds. The lowest BCUT2D eigenvalue weighted by Gasteiger charge is -2.21. The molecule has 2 heterocycles. The van der Waals surface area contributed by atoms with Crippen molar-refractivity contribution in [3.63, 3.8) is 0 Å². The summed E-state index contributed by atoms with van der Waals surface area (Å²) in [6.45, 7) is 3.34. The second kappa shape index (κ2) is 12.3. The topological polar surface area (TPSA) is 120 Å². The van der Waals surface area contributed by atoms with E-state index in [1.807, 2.05) is 13.0 Å². The van der Waals surface area contributed by atoms with Crippen LogP contribution >= 0.6 is 7.37 Å². The molecule has 4 rings (SSSR count). The Labute approximate surface area is 233 Å². The Morgan fingerprint density at radius 3 is 2.20 bits per heavy atom. The minimum absolute atomic E-state index is 0.266. The number of aromatic nitrogens is 2. The number of rotatable bonds is 11. The first-order chi connectivity index (χ1) is 19.2. The number of hydrogen-bond acceptors (Lipinski definition) is 8. The van der Waals surface area contributed by atoms with E-state index in [0.29, 0.717) is 40.6 Å². The fraction of sp³-hybridized carbons (Fsp3) is 0.267. The fourth-order valence-electron chi connectivity index (χ4n) is 4.63. The molecule has 2 aromatic heterocycles. The highest BCUT2D eigenvalue weighted by atomic mass is 31.2. The summed E-state index contributed by atoms with van der Waals surface area (Å²) in [7, 11) is 0.660. The third kappa shape index (κ3) is 5.70. The summed E-state index contributed by atoms with van der Waals surface area (Å²) in [5.74, 6) is 1.16. The van der Waals surface area contributed by atoms with Crippen LogP contribution in [0.15, 0.2) is 65.6 Å². The van der Waals surface area contributed by atoms with Crippen molar-refractivity contribution in [2.75, 3.05) is 28.0 Å². The van der Waals surface area contributed by atoms with Gasteiger partial charge in [-0.15, -0.1) is 0 Å². The van der Waals surface area contributed by atoms with Gasteiger partial charge in [0.05, 0.1) is 32.5 Å². The van der Waals surface area contributed by atoms with Crippen molar-refractivity contribution in [1.82, 2.24) is 9.97 Å². The second-order valence-electron chi connectivity index (χ2n) is 9.17. The standard InChI is InChI=1S/C30H33N2O7P/c1-6-7-11-22-25(26-23(36-2)12-8-13-24(26)37-3)27(33)28(29(34)32-22)40(5,35)39-20-16-14-19(15-17-20)21-10-9-18-31-30(21)38-4/h8-10,12-18H,6-7,11H2,1-5H3,(H2,32,33,34). The van der Waals surface area contributed by atoms with Crippen molar-refractivity contribution >= 4 is 12.7 Å². The number of methoxy groups -OCH3 is 3. The van der Waals surface area contributed by atoms with E-state index in [-0.39, 0.29) is 11.1 Å². The van der Waals surface area contributed by atoms with Gasteiger partial charge in [0, 0.05) is 24.1 Å². The lowest BCUT2D eigenvalue weighted by molar-refractivity contribution is 0.396. The normalized spacial score (nSPS) is 12.4. The maximum atomic E-state index is 14.0. The number of hydrogen-bond donors (Lipinski definition) is 2. The van der Waals surface area contributed by atoms with Crippen LogP contribution in [0.1, 0.15) is 25.5 Å². The summed E-state index contributed by atoms with van der Waals surface area (Å²) in [6, 6.07) is 15.7. The molecule has 0 aliphatic heterocycles. The molecule has 4 aromatic rings. The molecule has 0 fully saturated rings. The van der Waals surface area contributed by atoms with Gasteiger partial charge in [0.2, 0.25) is 5.88 Å². The minimum atomic E-state index is -3.90. The van der Waals surface area contributed by atoms with Gasteiger partial charge < -0.3 is 28.8 Å². The molecule has 1 atom stereocenters. The smallest absolute Gasteiger partial charge is 0.283 e. The first-order valence-electron chi connectivity index (χ1n) is 12.8. The van der Waals surface area contributed by atoms with Gasteiger partial charge >= 0.3 is 0 Å². The van der Waals surface area contributed by atoms with Crippen LogP contribution in [-0.2, 0) is 11.0 Å². The number of H-pyrrole nitrogens is 1. The maximum Gasteiger partial charge on any atom is 0.283 e. The number of pyridine rings is 2. The average Bonchev–Trinajstić information content (AvgIpc) is 2.95. The number of aromatic hydroxyl groups is 1. The Morgan fingerprint density at radius 1 is 0.925 bits per heavy atom. The Morgan fingerprint density at radius 2 is 1.60 bits per heavy atom. The molecule has 0 radical (unpaired) electrons. The molecule has 0 aliphatic carbocycles. The molecule has 0 bridgehead atoms. The molecule has 10 heteroatoms.